The molecule has 0 spiro atoms. The zero-order chi connectivity index (χ0) is 12.6. The molecule has 1 heteroatoms. The van der Waals surface area contributed by atoms with E-state index in [9.17, 15) is 4.79 Å². The Morgan fingerprint density at radius 1 is 0.824 bits per heavy atom. The number of hydrogen-bond acceptors (Lipinski definition) is 1. The van der Waals surface area contributed by atoms with Crippen LogP contribution in [0.15, 0.2) is 0 Å². The van der Waals surface area contributed by atoms with Gasteiger partial charge in [0.1, 0.15) is 6.29 Å². The van der Waals surface area contributed by atoms with Crippen molar-refractivity contribution in [3.05, 3.63) is 0 Å². The molecule has 1 nitrogen and oxygen atoms in total. The van der Waals surface area contributed by atoms with Crippen molar-refractivity contribution in [3.8, 4) is 23.7 Å². The number of carbonyl (C=O) groups is 1. The topological polar surface area (TPSA) is 17.1 Å². The molecule has 0 saturated carbocycles. The van der Waals surface area contributed by atoms with Gasteiger partial charge >= 0.3 is 0 Å². The first kappa shape index (κ1) is 15.8. The van der Waals surface area contributed by atoms with E-state index in [2.05, 4.69) is 30.6 Å². The van der Waals surface area contributed by atoms with Crippen LogP contribution in [0.4, 0.5) is 0 Å². The van der Waals surface area contributed by atoms with Crippen LogP contribution in [0, 0.1) is 23.7 Å². The lowest BCUT2D eigenvalue weighted by Gasteiger charge is -1.91. The first-order chi connectivity index (χ1) is 8.41. The standard InChI is InChI=1S/C16H24O/c1-2-3-4-5-6-7-8-9-10-11-12-13-14-15-16-17/h16H,2-6,11-15H2,1H3. The van der Waals surface area contributed by atoms with Gasteiger partial charge in [-0.3, -0.25) is 0 Å². The van der Waals surface area contributed by atoms with E-state index in [-0.39, 0.29) is 0 Å². The molecule has 0 aromatic carbocycles. The average Bonchev–Trinajstić information content (AvgIpc) is 2.35. The summed E-state index contributed by atoms with van der Waals surface area (Å²) in [5, 5.41) is 0. The molecule has 0 unspecified atom stereocenters. The van der Waals surface area contributed by atoms with Crippen molar-refractivity contribution in [1.29, 1.82) is 0 Å². The first-order valence-corrected chi connectivity index (χ1v) is 6.81. The van der Waals surface area contributed by atoms with Crippen LogP contribution in [0.3, 0.4) is 0 Å². The van der Waals surface area contributed by atoms with Gasteiger partial charge in [0.05, 0.1) is 0 Å². The zero-order valence-electron chi connectivity index (χ0n) is 11.1. The van der Waals surface area contributed by atoms with Crippen molar-refractivity contribution in [2.45, 2.75) is 71.1 Å². The summed E-state index contributed by atoms with van der Waals surface area (Å²) in [6.07, 6.45) is 11.8. The maximum Gasteiger partial charge on any atom is 0.119 e. The molecule has 0 atom stereocenters. The van der Waals surface area contributed by atoms with Crippen molar-refractivity contribution >= 4 is 6.29 Å². The molecule has 0 fully saturated rings. The zero-order valence-corrected chi connectivity index (χ0v) is 11.1. The third kappa shape index (κ3) is 14.8. The summed E-state index contributed by atoms with van der Waals surface area (Å²) in [5.74, 6) is 11.9. The van der Waals surface area contributed by atoms with Crippen molar-refractivity contribution in [2.24, 2.45) is 0 Å². The second kappa shape index (κ2) is 14.8. The Morgan fingerprint density at radius 2 is 1.41 bits per heavy atom. The van der Waals surface area contributed by atoms with E-state index in [0.29, 0.717) is 6.42 Å². The molecule has 0 bridgehead atoms. The summed E-state index contributed by atoms with van der Waals surface area (Å²) in [7, 11) is 0. The van der Waals surface area contributed by atoms with Crippen molar-refractivity contribution in [1.82, 2.24) is 0 Å². The molecule has 0 radical (unpaired) electrons. The van der Waals surface area contributed by atoms with Gasteiger partial charge in [-0.2, -0.15) is 0 Å². The number of unbranched alkanes of at least 4 members (excludes halogenated alkanes) is 8. The summed E-state index contributed by atoms with van der Waals surface area (Å²) in [6, 6.07) is 0. The highest BCUT2D eigenvalue weighted by Gasteiger charge is 1.85. The molecular formula is C16H24O. The van der Waals surface area contributed by atoms with Crippen LogP contribution in [0.25, 0.3) is 0 Å². The number of hydrogen-bond donors (Lipinski definition) is 0. The summed E-state index contributed by atoms with van der Waals surface area (Å²) < 4.78 is 0. The molecule has 0 saturated heterocycles. The van der Waals surface area contributed by atoms with Crippen molar-refractivity contribution in [3.63, 3.8) is 0 Å². The minimum Gasteiger partial charge on any atom is -0.303 e. The van der Waals surface area contributed by atoms with Gasteiger partial charge in [-0.05, 0) is 31.1 Å². The van der Waals surface area contributed by atoms with Gasteiger partial charge in [0.25, 0.3) is 0 Å². The van der Waals surface area contributed by atoms with E-state index in [0.717, 1.165) is 38.4 Å². The normalized spacial score (nSPS) is 8.76. The van der Waals surface area contributed by atoms with E-state index in [4.69, 9.17) is 0 Å². The van der Waals surface area contributed by atoms with Gasteiger partial charge in [0, 0.05) is 19.3 Å². The fraction of sp³-hybridized carbons (Fsp3) is 0.688. The van der Waals surface area contributed by atoms with E-state index in [1.54, 1.807) is 0 Å². The molecule has 0 aliphatic heterocycles. The van der Waals surface area contributed by atoms with Crippen LogP contribution < -0.4 is 0 Å². The molecule has 0 aliphatic carbocycles. The largest absolute Gasteiger partial charge is 0.303 e. The maximum atomic E-state index is 10.1. The molecule has 0 rings (SSSR count). The lowest BCUT2D eigenvalue weighted by molar-refractivity contribution is -0.107. The van der Waals surface area contributed by atoms with E-state index in [1.807, 2.05) is 0 Å². The molecule has 0 aliphatic rings. The maximum absolute atomic E-state index is 10.1. The molecule has 94 valence electrons. The number of aldehydes is 1. The van der Waals surface area contributed by atoms with Crippen LogP contribution in [-0.4, -0.2) is 6.29 Å². The summed E-state index contributed by atoms with van der Waals surface area (Å²) >= 11 is 0. The van der Waals surface area contributed by atoms with Gasteiger partial charge < -0.3 is 4.79 Å². The smallest absolute Gasteiger partial charge is 0.119 e. The molecule has 17 heavy (non-hydrogen) atoms. The average molecular weight is 232 g/mol. The molecule has 0 aromatic heterocycles. The van der Waals surface area contributed by atoms with Crippen LogP contribution in [0.5, 0.6) is 0 Å². The van der Waals surface area contributed by atoms with Crippen LogP contribution in [-0.2, 0) is 4.79 Å². The Kier molecular flexibility index (Phi) is 13.7. The Labute approximate surface area is 106 Å². The van der Waals surface area contributed by atoms with E-state index < -0.39 is 0 Å². The Morgan fingerprint density at radius 3 is 1.94 bits per heavy atom. The lowest BCUT2D eigenvalue weighted by atomic mass is 10.1. The molecule has 0 aromatic rings. The summed E-state index contributed by atoms with van der Waals surface area (Å²) in [5.41, 5.74) is 0. The third-order valence-electron chi connectivity index (χ3n) is 2.52. The highest BCUT2D eigenvalue weighted by molar-refractivity contribution is 5.48. The van der Waals surface area contributed by atoms with Gasteiger partial charge in [0.15, 0.2) is 0 Å². The Hall–Kier alpha value is -1.21. The van der Waals surface area contributed by atoms with Gasteiger partial charge in [-0.15, -0.1) is 0 Å². The van der Waals surface area contributed by atoms with E-state index >= 15 is 0 Å². The summed E-state index contributed by atoms with van der Waals surface area (Å²) in [6.45, 7) is 2.21. The van der Waals surface area contributed by atoms with Gasteiger partial charge in [0.2, 0.25) is 0 Å². The fourth-order valence-electron chi connectivity index (χ4n) is 1.47. The van der Waals surface area contributed by atoms with Gasteiger partial charge in [-0.25, -0.2) is 0 Å². The second-order valence-corrected chi connectivity index (χ2v) is 4.18. The molecular weight excluding hydrogens is 208 g/mol. The van der Waals surface area contributed by atoms with Crippen LogP contribution in [0.2, 0.25) is 0 Å². The van der Waals surface area contributed by atoms with Crippen LogP contribution >= 0.6 is 0 Å². The third-order valence-corrected chi connectivity index (χ3v) is 2.52. The van der Waals surface area contributed by atoms with E-state index in [1.165, 1.54) is 25.7 Å². The lowest BCUT2D eigenvalue weighted by Crippen LogP contribution is -1.77. The monoisotopic (exact) mass is 232 g/mol. The van der Waals surface area contributed by atoms with Crippen LogP contribution in [0.1, 0.15) is 71.1 Å². The minimum absolute atomic E-state index is 0.686. The predicted molar refractivity (Wildman–Crippen MR) is 73.5 cm³/mol. The van der Waals surface area contributed by atoms with Crippen molar-refractivity contribution < 1.29 is 4.79 Å². The predicted octanol–water partition coefficient (Wildman–Crippen LogP) is 4.11. The Bertz CT molecular complexity index is 282. The molecule has 0 N–H and O–H groups in total. The molecule has 0 heterocycles. The van der Waals surface area contributed by atoms with Gasteiger partial charge in [-0.1, -0.05) is 44.4 Å². The number of carbonyl (C=O) groups excluding carboxylic acids is 1. The second-order valence-electron chi connectivity index (χ2n) is 4.18. The fourth-order valence-corrected chi connectivity index (χ4v) is 1.47. The van der Waals surface area contributed by atoms with Crippen molar-refractivity contribution in [2.75, 3.05) is 0 Å². The first-order valence-electron chi connectivity index (χ1n) is 6.81. The Balaban J connectivity index is 3.29. The quantitative estimate of drug-likeness (QED) is 0.332. The number of rotatable bonds is 9. The minimum atomic E-state index is 0.686. The highest BCUT2D eigenvalue weighted by Crippen LogP contribution is 2.01. The SMILES string of the molecule is CCCCCCC#CC#CCCCCCC=O. The summed E-state index contributed by atoms with van der Waals surface area (Å²) in [4.78, 5) is 10.1. The highest BCUT2D eigenvalue weighted by atomic mass is 16.1. The molecule has 0 amide bonds.